The average molecular weight is 431 g/mol. The largest absolute Gasteiger partial charge is 0.484 e. The predicted octanol–water partition coefficient (Wildman–Crippen LogP) is 4.21. The van der Waals surface area contributed by atoms with Gasteiger partial charge in [0, 0.05) is 12.7 Å². The highest BCUT2D eigenvalue weighted by atomic mass is 32.2. The number of hydrogen-bond donors (Lipinski definition) is 1. The molecule has 0 spiro atoms. The number of nitrogens with zero attached hydrogens (tertiary/aromatic N) is 1. The fourth-order valence-corrected chi connectivity index (χ4v) is 5.00. The normalized spacial score (nSPS) is 11.1. The molecule has 1 N–H and O–H groups in total. The summed E-state index contributed by atoms with van der Waals surface area (Å²) in [4.78, 5) is 12.2. The van der Waals surface area contributed by atoms with E-state index in [0.29, 0.717) is 11.4 Å². The van der Waals surface area contributed by atoms with Gasteiger partial charge in [0.2, 0.25) is 0 Å². The lowest BCUT2D eigenvalue weighted by Gasteiger charge is -2.18. The smallest absolute Gasteiger partial charge is 0.273 e. The Balaban J connectivity index is 1.60. The Labute approximate surface area is 174 Å². The molecule has 0 saturated carbocycles. The van der Waals surface area contributed by atoms with Crippen LogP contribution >= 0.6 is 11.3 Å². The number of hydrogen-bond acceptors (Lipinski definition) is 5. The summed E-state index contributed by atoms with van der Waals surface area (Å²) in [7, 11) is -2.08. The molecule has 0 saturated heterocycles. The third kappa shape index (κ3) is 4.96. The van der Waals surface area contributed by atoms with Gasteiger partial charge in [-0.1, -0.05) is 18.2 Å². The number of aryl methyl sites for hydroxylation is 2. The summed E-state index contributed by atoms with van der Waals surface area (Å²) in [5, 5.41) is 4.56. The zero-order valence-corrected chi connectivity index (χ0v) is 18.0. The van der Waals surface area contributed by atoms with Gasteiger partial charge in [0.05, 0.1) is 5.69 Å². The van der Waals surface area contributed by atoms with Crippen molar-refractivity contribution >= 4 is 38.6 Å². The van der Waals surface area contributed by atoms with Gasteiger partial charge in [-0.3, -0.25) is 9.10 Å². The molecule has 3 aromatic rings. The van der Waals surface area contributed by atoms with Crippen LogP contribution in [0.5, 0.6) is 5.75 Å². The van der Waals surface area contributed by atoms with E-state index in [9.17, 15) is 13.2 Å². The summed E-state index contributed by atoms with van der Waals surface area (Å²) in [6.07, 6.45) is 0. The zero-order valence-electron chi connectivity index (χ0n) is 16.4. The van der Waals surface area contributed by atoms with Crippen LogP contribution in [-0.2, 0) is 14.8 Å². The number of benzene rings is 2. The van der Waals surface area contributed by atoms with Crippen LogP contribution in [0.4, 0.5) is 11.4 Å². The van der Waals surface area contributed by atoms with Crippen LogP contribution in [0.2, 0.25) is 0 Å². The number of sulfonamides is 1. The standard InChI is InChI=1S/C21H22N2O4S2/c1-15-6-7-16(2)19(13-15)22-20(24)14-27-18-10-8-17(9-11-18)23(3)29(25,26)21-5-4-12-28-21/h4-13H,14H2,1-3H3,(H,22,24). The van der Waals surface area contributed by atoms with Gasteiger partial charge in [0.1, 0.15) is 9.96 Å². The van der Waals surface area contributed by atoms with Crippen LogP contribution in [0.3, 0.4) is 0 Å². The monoisotopic (exact) mass is 430 g/mol. The first-order valence-electron chi connectivity index (χ1n) is 8.90. The molecule has 3 rings (SSSR count). The van der Waals surface area contributed by atoms with Crippen molar-refractivity contribution in [2.45, 2.75) is 18.1 Å². The Morgan fingerprint density at radius 1 is 1.10 bits per heavy atom. The molecule has 8 heteroatoms. The molecule has 6 nitrogen and oxygen atoms in total. The topological polar surface area (TPSA) is 75.7 Å². The average Bonchev–Trinajstić information content (AvgIpc) is 3.25. The molecule has 0 unspecified atom stereocenters. The number of thiophene rings is 1. The van der Waals surface area contributed by atoms with E-state index in [-0.39, 0.29) is 16.7 Å². The maximum atomic E-state index is 12.6. The number of ether oxygens (including phenoxy) is 1. The molecule has 2 aromatic carbocycles. The highest BCUT2D eigenvalue weighted by molar-refractivity contribution is 7.94. The Bertz CT molecular complexity index is 1090. The van der Waals surface area contributed by atoms with Gasteiger partial charge < -0.3 is 10.1 Å². The van der Waals surface area contributed by atoms with E-state index >= 15 is 0 Å². The summed E-state index contributed by atoms with van der Waals surface area (Å²) >= 11 is 1.17. The Hall–Kier alpha value is -2.84. The molecular weight excluding hydrogens is 408 g/mol. The molecular formula is C21H22N2O4S2. The lowest BCUT2D eigenvalue weighted by atomic mass is 10.1. The minimum Gasteiger partial charge on any atom is -0.484 e. The maximum Gasteiger partial charge on any atom is 0.273 e. The molecule has 1 aromatic heterocycles. The highest BCUT2D eigenvalue weighted by Crippen LogP contribution is 2.26. The van der Waals surface area contributed by atoms with Crippen molar-refractivity contribution in [3.63, 3.8) is 0 Å². The highest BCUT2D eigenvalue weighted by Gasteiger charge is 2.22. The summed E-state index contributed by atoms with van der Waals surface area (Å²) in [5.41, 5.74) is 3.30. The fourth-order valence-electron chi connectivity index (χ4n) is 2.64. The van der Waals surface area contributed by atoms with Crippen molar-refractivity contribution in [3.8, 4) is 5.75 Å². The molecule has 0 aliphatic rings. The second kappa shape index (κ2) is 8.67. The summed E-state index contributed by atoms with van der Waals surface area (Å²) in [6.45, 7) is 3.74. The molecule has 0 aliphatic heterocycles. The minimum atomic E-state index is -3.58. The van der Waals surface area contributed by atoms with E-state index in [2.05, 4.69) is 5.32 Å². The molecule has 29 heavy (non-hydrogen) atoms. The molecule has 0 bridgehead atoms. The van der Waals surface area contributed by atoms with Crippen molar-refractivity contribution in [2.75, 3.05) is 23.3 Å². The van der Waals surface area contributed by atoms with E-state index < -0.39 is 10.0 Å². The maximum absolute atomic E-state index is 12.6. The van der Waals surface area contributed by atoms with Gasteiger partial charge in [0.25, 0.3) is 15.9 Å². The van der Waals surface area contributed by atoms with Crippen LogP contribution < -0.4 is 14.4 Å². The number of rotatable bonds is 7. The van der Waals surface area contributed by atoms with Crippen molar-refractivity contribution in [3.05, 3.63) is 71.1 Å². The first kappa shape index (κ1) is 20.9. The third-order valence-electron chi connectivity index (χ3n) is 4.35. The number of amides is 1. The van der Waals surface area contributed by atoms with Gasteiger partial charge >= 0.3 is 0 Å². The first-order valence-corrected chi connectivity index (χ1v) is 11.2. The van der Waals surface area contributed by atoms with Crippen molar-refractivity contribution in [2.24, 2.45) is 0 Å². The number of anilines is 2. The lowest BCUT2D eigenvalue weighted by Crippen LogP contribution is -2.25. The molecule has 0 fully saturated rings. The summed E-state index contributed by atoms with van der Waals surface area (Å²) < 4.78 is 32.2. The minimum absolute atomic E-state index is 0.143. The van der Waals surface area contributed by atoms with Crippen LogP contribution in [-0.4, -0.2) is 28.0 Å². The van der Waals surface area contributed by atoms with E-state index in [0.717, 1.165) is 16.8 Å². The Kier molecular flexibility index (Phi) is 6.24. The quantitative estimate of drug-likeness (QED) is 0.609. The number of carbonyl (C=O) groups is 1. The van der Waals surface area contributed by atoms with Gasteiger partial charge in [0.15, 0.2) is 6.61 Å². The van der Waals surface area contributed by atoms with Crippen molar-refractivity contribution < 1.29 is 17.9 Å². The Morgan fingerprint density at radius 2 is 1.83 bits per heavy atom. The number of carbonyl (C=O) groups excluding carboxylic acids is 1. The second-order valence-electron chi connectivity index (χ2n) is 6.55. The molecule has 0 atom stereocenters. The van der Waals surface area contributed by atoms with Crippen LogP contribution in [0.25, 0.3) is 0 Å². The van der Waals surface area contributed by atoms with Gasteiger partial charge in [-0.25, -0.2) is 8.42 Å². The van der Waals surface area contributed by atoms with E-state index in [4.69, 9.17) is 4.74 Å². The van der Waals surface area contributed by atoms with Crippen LogP contribution in [0.1, 0.15) is 11.1 Å². The third-order valence-corrected chi connectivity index (χ3v) is 7.51. The summed E-state index contributed by atoms with van der Waals surface area (Å²) in [6, 6.07) is 15.7. The van der Waals surface area contributed by atoms with Crippen molar-refractivity contribution in [1.29, 1.82) is 0 Å². The molecule has 0 aliphatic carbocycles. The van der Waals surface area contributed by atoms with E-state index in [1.54, 1.807) is 41.8 Å². The molecule has 152 valence electrons. The van der Waals surface area contributed by atoms with Crippen LogP contribution in [0.15, 0.2) is 64.2 Å². The van der Waals surface area contributed by atoms with Gasteiger partial charge in [-0.15, -0.1) is 11.3 Å². The molecule has 0 radical (unpaired) electrons. The fraction of sp³-hybridized carbons (Fsp3) is 0.190. The first-order chi connectivity index (χ1) is 13.8. The van der Waals surface area contributed by atoms with Gasteiger partial charge in [-0.05, 0) is 66.8 Å². The predicted molar refractivity (Wildman–Crippen MR) is 116 cm³/mol. The molecule has 1 heterocycles. The zero-order chi connectivity index (χ0) is 21.0. The van der Waals surface area contributed by atoms with Crippen molar-refractivity contribution in [1.82, 2.24) is 0 Å². The number of nitrogens with one attached hydrogen (secondary N) is 1. The second-order valence-corrected chi connectivity index (χ2v) is 9.70. The van der Waals surface area contributed by atoms with Crippen LogP contribution in [0, 0.1) is 13.8 Å². The van der Waals surface area contributed by atoms with E-state index in [1.807, 2.05) is 32.0 Å². The molecule has 1 amide bonds. The SMILES string of the molecule is Cc1ccc(C)c(NC(=O)COc2ccc(N(C)S(=O)(=O)c3cccs3)cc2)c1. The lowest BCUT2D eigenvalue weighted by molar-refractivity contribution is -0.118. The van der Waals surface area contributed by atoms with E-state index in [1.165, 1.54) is 22.7 Å². The summed E-state index contributed by atoms with van der Waals surface area (Å²) in [5.74, 6) is 0.215. The van der Waals surface area contributed by atoms with Gasteiger partial charge in [-0.2, -0.15) is 0 Å². The Morgan fingerprint density at radius 3 is 2.48 bits per heavy atom.